The van der Waals surface area contributed by atoms with E-state index in [4.69, 9.17) is 0 Å². The number of nitrogens with zero attached hydrogens (tertiary/aromatic N) is 3. The van der Waals surface area contributed by atoms with Crippen LogP contribution in [0.3, 0.4) is 0 Å². The van der Waals surface area contributed by atoms with Crippen LogP contribution >= 0.6 is 0 Å². The van der Waals surface area contributed by atoms with Crippen LogP contribution in [-0.2, 0) is 11.3 Å². The monoisotopic (exact) mass is 402 g/mol. The van der Waals surface area contributed by atoms with E-state index in [0.29, 0.717) is 11.6 Å². The highest BCUT2D eigenvalue weighted by Gasteiger charge is 2.34. The average molecular weight is 402 g/mol. The highest BCUT2D eigenvalue weighted by Crippen LogP contribution is 2.35. The van der Waals surface area contributed by atoms with Crippen LogP contribution in [0, 0.1) is 26.0 Å². The van der Waals surface area contributed by atoms with E-state index in [1.165, 1.54) is 12.1 Å². The molecule has 2 aromatic carbocycles. The van der Waals surface area contributed by atoms with E-state index in [9.17, 15) is 39.3 Å². The summed E-state index contributed by atoms with van der Waals surface area (Å²) in [7, 11) is 0. The predicted octanol–water partition coefficient (Wildman–Crippen LogP) is 2.44. The molecule has 3 amide bonds. The van der Waals surface area contributed by atoms with Gasteiger partial charge in [-0.25, -0.2) is 9.18 Å². The lowest BCUT2D eigenvalue weighted by molar-refractivity contribution is -0.394. The summed E-state index contributed by atoms with van der Waals surface area (Å²) in [6.45, 7) is -0.177. The van der Waals surface area contributed by atoms with Crippen LogP contribution in [0.15, 0.2) is 42.1 Å². The number of phenolic OH excluding ortho intramolecular Hbond substituents is 1. The fourth-order valence-electron chi connectivity index (χ4n) is 2.62. The van der Waals surface area contributed by atoms with Crippen molar-refractivity contribution < 1.29 is 28.9 Å². The van der Waals surface area contributed by atoms with Crippen molar-refractivity contribution >= 4 is 29.4 Å². The molecule has 2 aromatic rings. The molecule has 0 aromatic heterocycles. The number of halogens is 1. The van der Waals surface area contributed by atoms with Gasteiger partial charge in [0.05, 0.1) is 22.5 Å². The van der Waals surface area contributed by atoms with Crippen LogP contribution in [0.1, 0.15) is 11.1 Å². The number of hydrogen-bond donors (Lipinski definition) is 2. The number of nitro groups is 2. The maximum atomic E-state index is 13.0. The summed E-state index contributed by atoms with van der Waals surface area (Å²) in [6.07, 6.45) is 0.903. The van der Waals surface area contributed by atoms with Crippen LogP contribution in [0.2, 0.25) is 0 Å². The van der Waals surface area contributed by atoms with Gasteiger partial charge in [-0.15, -0.1) is 0 Å². The van der Waals surface area contributed by atoms with Gasteiger partial charge in [0.25, 0.3) is 11.6 Å². The Bertz CT molecular complexity index is 1080. The van der Waals surface area contributed by atoms with E-state index in [1.54, 1.807) is 0 Å². The fraction of sp³-hybridized carbons (Fsp3) is 0.0588. The minimum absolute atomic E-state index is 0.177. The standard InChI is InChI=1S/C17H11FN4O7/c18-11-3-1-9(2-4-11)8-20-16(24)13(19-17(20)25)6-10-5-12(21(26)27)7-14(15(10)23)22(28)29/h1-7,23H,8H2,(H,19,25)/b13-6+. The Hall–Kier alpha value is -4.35. The smallest absolute Gasteiger partial charge is 0.329 e. The zero-order valence-electron chi connectivity index (χ0n) is 14.4. The van der Waals surface area contributed by atoms with Crippen molar-refractivity contribution in [2.45, 2.75) is 6.54 Å². The van der Waals surface area contributed by atoms with Gasteiger partial charge in [-0.2, -0.15) is 0 Å². The average Bonchev–Trinajstić information content (AvgIpc) is 2.92. The zero-order chi connectivity index (χ0) is 21.3. The van der Waals surface area contributed by atoms with Gasteiger partial charge in [-0.1, -0.05) is 12.1 Å². The number of nitrogens with one attached hydrogen (secondary N) is 1. The molecule has 2 N–H and O–H groups in total. The number of phenols is 1. The number of amides is 3. The maximum Gasteiger partial charge on any atom is 0.329 e. The number of hydrogen-bond acceptors (Lipinski definition) is 7. The van der Waals surface area contributed by atoms with Crippen molar-refractivity contribution in [3.05, 3.63) is 79.3 Å². The summed E-state index contributed by atoms with van der Waals surface area (Å²) in [4.78, 5) is 45.5. The van der Waals surface area contributed by atoms with Crippen LogP contribution in [0.5, 0.6) is 5.75 Å². The molecule has 0 aliphatic carbocycles. The number of aromatic hydroxyl groups is 1. The number of carbonyl (C=O) groups excluding carboxylic acids is 2. The molecule has 0 spiro atoms. The van der Waals surface area contributed by atoms with Gasteiger partial charge in [0.15, 0.2) is 0 Å². The van der Waals surface area contributed by atoms with Gasteiger partial charge in [0, 0.05) is 11.6 Å². The largest absolute Gasteiger partial charge is 0.502 e. The molecule has 29 heavy (non-hydrogen) atoms. The highest BCUT2D eigenvalue weighted by molar-refractivity contribution is 6.14. The number of rotatable bonds is 5. The van der Waals surface area contributed by atoms with Crippen molar-refractivity contribution in [3.63, 3.8) is 0 Å². The summed E-state index contributed by atoms with van der Waals surface area (Å²) < 4.78 is 13.0. The minimum Gasteiger partial charge on any atom is -0.502 e. The van der Waals surface area contributed by atoms with Gasteiger partial charge >= 0.3 is 11.7 Å². The Morgan fingerprint density at radius 1 is 1.10 bits per heavy atom. The first-order chi connectivity index (χ1) is 13.7. The quantitative estimate of drug-likeness (QED) is 0.337. The zero-order valence-corrected chi connectivity index (χ0v) is 14.4. The molecular weight excluding hydrogens is 391 g/mol. The number of imide groups is 1. The van der Waals surface area contributed by atoms with Crippen molar-refractivity contribution in [1.82, 2.24) is 10.2 Å². The van der Waals surface area contributed by atoms with E-state index in [0.717, 1.165) is 29.2 Å². The second-order valence-electron chi connectivity index (χ2n) is 5.92. The lowest BCUT2D eigenvalue weighted by Crippen LogP contribution is -2.30. The molecule has 148 valence electrons. The summed E-state index contributed by atoms with van der Waals surface area (Å²) in [5, 5.41) is 34.2. The number of benzene rings is 2. The molecule has 3 rings (SSSR count). The summed E-state index contributed by atoms with van der Waals surface area (Å²) in [6, 6.07) is 5.67. The third-order valence-electron chi connectivity index (χ3n) is 4.03. The molecule has 0 atom stereocenters. The fourth-order valence-corrected chi connectivity index (χ4v) is 2.62. The Morgan fingerprint density at radius 2 is 1.76 bits per heavy atom. The Balaban J connectivity index is 1.96. The molecule has 1 saturated heterocycles. The number of urea groups is 1. The summed E-state index contributed by atoms with van der Waals surface area (Å²) >= 11 is 0. The lowest BCUT2D eigenvalue weighted by Gasteiger charge is -2.11. The molecule has 1 aliphatic heterocycles. The summed E-state index contributed by atoms with van der Waals surface area (Å²) in [5.41, 5.74) is -1.88. The van der Waals surface area contributed by atoms with E-state index >= 15 is 0 Å². The minimum atomic E-state index is -1.01. The van der Waals surface area contributed by atoms with Crippen molar-refractivity contribution in [3.8, 4) is 5.75 Å². The molecule has 1 heterocycles. The molecule has 1 aliphatic rings. The number of non-ortho nitro benzene ring substituents is 1. The molecule has 0 radical (unpaired) electrons. The summed E-state index contributed by atoms with van der Waals surface area (Å²) in [5.74, 6) is -2.21. The first-order valence-electron chi connectivity index (χ1n) is 7.92. The second kappa shape index (κ2) is 7.34. The Morgan fingerprint density at radius 3 is 2.34 bits per heavy atom. The molecule has 1 fully saturated rings. The van der Waals surface area contributed by atoms with E-state index in [2.05, 4.69) is 5.32 Å². The van der Waals surface area contributed by atoms with Gasteiger partial charge in [0.2, 0.25) is 5.75 Å². The molecule has 12 heteroatoms. The van der Waals surface area contributed by atoms with Crippen molar-refractivity contribution in [2.75, 3.05) is 0 Å². The van der Waals surface area contributed by atoms with E-state index < -0.39 is 50.3 Å². The van der Waals surface area contributed by atoms with Crippen LogP contribution in [0.25, 0.3) is 6.08 Å². The van der Waals surface area contributed by atoms with Crippen LogP contribution in [-0.4, -0.2) is 31.8 Å². The van der Waals surface area contributed by atoms with Gasteiger partial charge in [-0.05, 0) is 23.8 Å². The first-order valence-corrected chi connectivity index (χ1v) is 7.92. The van der Waals surface area contributed by atoms with Crippen LogP contribution in [0.4, 0.5) is 20.6 Å². The van der Waals surface area contributed by atoms with E-state index in [-0.39, 0.29) is 12.2 Å². The predicted molar refractivity (Wildman–Crippen MR) is 94.9 cm³/mol. The third kappa shape index (κ3) is 3.85. The topological polar surface area (TPSA) is 156 Å². The lowest BCUT2D eigenvalue weighted by atomic mass is 10.1. The van der Waals surface area contributed by atoms with E-state index in [1.807, 2.05) is 0 Å². The third-order valence-corrected chi connectivity index (χ3v) is 4.03. The van der Waals surface area contributed by atoms with Gasteiger partial charge in [0.1, 0.15) is 11.5 Å². The van der Waals surface area contributed by atoms with Gasteiger partial charge in [-0.3, -0.25) is 29.9 Å². The molecule has 0 unspecified atom stereocenters. The maximum absolute atomic E-state index is 13.0. The normalized spacial score (nSPS) is 14.9. The molecular formula is C17H11FN4O7. The SMILES string of the molecule is O=C1N/C(=C/c2cc([N+](=O)[O-])cc([N+](=O)[O-])c2O)C(=O)N1Cc1ccc(F)cc1. The second-order valence-corrected chi connectivity index (χ2v) is 5.92. The van der Waals surface area contributed by atoms with Crippen molar-refractivity contribution in [2.24, 2.45) is 0 Å². The Labute approximate surface area is 161 Å². The number of carbonyl (C=O) groups is 2. The first kappa shape index (κ1) is 19.4. The number of nitro benzene ring substituents is 2. The molecule has 0 saturated carbocycles. The molecule has 0 bridgehead atoms. The van der Waals surface area contributed by atoms with Crippen molar-refractivity contribution in [1.29, 1.82) is 0 Å². The molecule has 11 nitrogen and oxygen atoms in total. The van der Waals surface area contributed by atoms with Crippen LogP contribution < -0.4 is 5.32 Å². The highest BCUT2D eigenvalue weighted by atomic mass is 19.1. The Kier molecular flexibility index (Phi) is 4.92. The van der Waals surface area contributed by atoms with Gasteiger partial charge < -0.3 is 10.4 Å².